The van der Waals surface area contributed by atoms with Gasteiger partial charge < -0.3 is 14.5 Å². The molecule has 2 saturated heterocycles. The third kappa shape index (κ3) is 5.54. The lowest BCUT2D eigenvalue weighted by Gasteiger charge is -2.39. The van der Waals surface area contributed by atoms with E-state index in [9.17, 15) is 4.79 Å². The van der Waals surface area contributed by atoms with E-state index in [1.807, 2.05) is 18.2 Å². The Balaban J connectivity index is 1.06. The minimum atomic E-state index is 0.110. The minimum Gasteiger partial charge on any atom is -0.497 e. The van der Waals surface area contributed by atoms with Gasteiger partial charge in [-0.2, -0.15) is 0 Å². The van der Waals surface area contributed by atoms with Crippen LogP contribution in [0.25, 0.3) is 16.7 Å². The Hall–Kier alpha value is -3.36. The second-order valence-corrected chi connectivity index (χ2v) is 11.3. The van der Waals surface area contributed by atoms with Gasteiger partial charge in [0.25, 0.3) is 0 Å². The van der Waals surface area contributed by atoms with E-state index >= 15 is 0 Å². The lowest BCUT2D eigenvalue weighted by molar-refractivity contribution is -0.137. The summed E-state index contributed by atoms with van der Waals surface area (Å²) in [6.45, 7) is 5.88. The van der Waals surface area contributed by atoms with Crippen LogP contribution in [0.2, 0.25) is 0 Å². The highest BCUT2D eigenvalue weighted by Crippen LogP contribution is 2.27. The number of para-hydroxylation sites is 2. The van der Waals surface area contributed by atoms with Gasteiger partial charge in [-0.15, -0.1) is 0 Å². The number of imidazole rings is 1. The summed E-state index contributed by atoms with van der Waals surface area (Å²) in [7, 11) is 1.69. The van der Waals surface area contributed by atoms with Crippen LogP contribution in [-0.4, -0.2) is 71.6 Å². The van der Waals surface area contributed by atoms with E-state index in [4.69, 9.17) is 9.72 Å². The van der Waals surface area contributed by atoms with Crippen LogP contribution in [0, 0.1) is 5.92 Å². The number of hydrogen-bond donors (Lipinski definition) is 0. The fourth-order valence-electron chi connectivity index (χ4n) is 5.83. The Bertz CT molecular complexity index is 1420. The third-order valence-corrected chi connectivity index (χ3v) is 8.57. The lowest BCUT2D eigenvalue weighted by atomic mass is 9.95. The third-order valence-electron chi connectivity index (χ3n) is 8.05. The molecular formula is C31H34BrN5O2. The van der Waals surface area contributed by atoms with Crippen LogP contribution in [0.5, 0.6) is 5.75 Å². The molecule has 6 rings (SSSR count). The van der Waals surface area contributed by atoms with Crippen molar-refractivity contribution in [1.29, 1.82) is 0 Å². The predicted octanol–water partition coefficient (Wildman–Crippen LogP) is 5.36. The first-order valence-corrected chi connectivity index (χ1v) is 14.5. The Morgan fingerprint density at radius 2 is 1.54 bits per heavy atom. The summed E-state index contributed by atoms with van der Waals surface area (Å²) in [5.74, 6) is 2.34. The SMILES string of the molecule is COc1ccc(N2CCN(C(=O)C3CCN(Cc4nc5ccccc5n4-c4ccc(Br)cc4)CC3)CC2)cc1. The van der Waals surface area contributed by atoms with Crippen molar-refractivity contribution in [3.8, 4) is 11.4 Å². The molecule has 0 bridgehead atoms. The number of piperazine rings is 1. The maximum atomic E-state index is 13.4. The van der Waals surface area contributed by atoms with E-state index in [0.29, 0.717) is 5.91 Å². The van der Waals surface area contributed by atoms with Crippen LogP contribution in [0.4, 0.5) is 5.69 Å². The molecule has 39 heavy (non-hydrogen) atoms. The average Bonchev–Trinajstić information content (AvgIpc) is 3.35. The van der Waals surface area contributed by atoms with Gasteiger partial charge >= 0.3 is 0 Å². The summed E-state index contributed by atoms with van der Waals surface area (Å²) in [5, 5.41) is 0. The highest BCUT2D eigenvalue weighted by Gasteiger charge is 2.31. The second kappa shape index (κ2) is 11.4. The Morgan fingerprint density at radius 1 is 0.872 bits per heavy atom. The molecule has 0 unspecified atom stereocenters. The molecule has 7 nitrogen and oxygen atoms in total. The summed E-state index contributed by atoms with van der Waals surface area (Å²) in [6.07, 6.45) is 1.80. The van der Waals surface area contributed by atoms with Crippen molar-refractivity contribution in [2.24, 2.45) is 5.92 Å². The second-order valence-electron chi connectivity index (χ2n) is 10.4. The van der Waals surface area contributed by atoms with E-state index < -0.39 is 0 Å². The number of benzene rings is 3. The maximum Gasteiger partial charge on any atom is 0.225 e. The van der Waals surface area contributed by atoms with Crippen molar-refractivity contribution in [3.05, 3.63) is 83.1 Å². The van der Waals surface area contributed by atoms with E-state index in [-0.39, 0.29) is 5.92 Å². The largest absolute Gasteiger partial charge is 0.497 e. The van der Waals surface area contributed by atoms with Crippen LogP contribution < -0.4 is 9.64 Å². The van der Waals surface area contributed by atoms with Crippen molar-refractivity contribution < 1.29 is 9.53 Å². The molecule has 8 heteroatoms. The number of anilines is 1. The molecule has 0 atom stereocenters. The molecule has 0 N–H and O–H groups in total. The molecule has 1 aromatic heterocycles. The number of fused-ring (bicyclic) bond motifs is 1. The standard InChI is InChI=1S/C31H34BrN5O2/c1-39-27-12-10-25(11-13-27)35-18-20-36(21-19-35)31(38)23-14-16-34(17-15-23)22-30-33-28-4-2-3-5-29(28)37(30)26-8-6-24(32)7-9-26/h2-13,23H,14-22H2,1H3. The Kier molecular flexibility index (Phi) is 7.57. The van der Waals surface area contributed by atoms with Crippen molar-refractivity contribution >= 4 is 38.6 Å². The molecular weight excluding hydrogens is 554 g/mol. The number of carbonyl (C=O) groups excluding carboxylic acids is 1. The van der Waals surface area contributed by atoms with Crippen molar-refractivity contribution in [3.63, 3.8) is 0 Å². The molecule has 0 aliphatic carbocycles. The average molecular weight is 589 g/mol. The molecule has 0 spiro atoms. The van der Waals surface area contributed by atoms with Gasteiger partial charge in [0.1, 0.15) is 11.6 Å². The van der Waals surface area contributed by atoms with Crippen LogP contribution in [0.3, 0.4) is 0 Å². The van der Waals surface area contributed by atoms with Gasteiger partial charge in [0, 0.05) is 47.9 Å². The number of amides is 1. The molecule has 4 aromatic rings. The van der Waals surface area contributed by atoms with Gasteiger partial charge in [0.15, 0.2) is 0 Å². The number of hydrogen-bond acceptors (Lipinski definition) is 5. The van der Waals surface area contributed by atoms with Gasteiger partial charge in [-0.3, -0.25) is 14.3 Å². The highest BCUT2D eigenvalue weighted by atomic mass is 79.9. The molecule has 3 aromatic carbocycles. The van der Waals surface area contributed by atoms with E-state index in [2.05, 4.69) is 89.8 Å². The van der Waals surface area contributed by atoms with Gasteiger partial charge in [0.2, 0.25) is 5.91 Å². The molecule has 202 valence electrons. The first-order valence-electron chi connectivity index (χ1n) is 13.7. The summed E-state index contributed by atoms with van der Waals surface area (Å²) >= 11 is 3.55. The molecule has 2 aliphatic heterocycles. The fraction of sp³-hybridized carbons (Fsp3) is 0.355. The van der Waals surface area contributed by atoms with Crippen LogP contribution >= 0.6 is 15.9 Å². The Labute approximate surface area is 238 Å². The molecule has 3 heterocycles. The van der Waals surface area contributed by atoms with Crippen molar-refractivity contribution in [1.82, 2.24) is 19.4 Å². The summed E-state index contributed by atoms with van der Waals surface area (Å²) in [6, 6.07) is 24.9. The van der Waals surface area contributed by atoms with Crippen LogP contribution in [-0.2, 0) is 11.3 Å². The summed E-state index contributed by atoms with van der Waals surface area (Å²) in [5.41, 5.74) is 4.43. The van der Waals surface area contributed by atoms with Crippen molar-refractivity contribution in [2.75, 3.05) is 51.3 Å². The quantitative estimate of drug-likeness (QED) is 0.304. The molecule has 2 fully saturated rings. The Morgan fingerprint density at radius 3 is 2.23 bits per heavy atom. The van der Waals surface area contributed by atoms with E-state index in [1.54, 1.807) is 7.11 Å². The van der Waals surface area contributed by atoms with Crippen LogP contribution in [0.1, 0.15) is 18.7 Å². The number of ether oxygens (including phenoxy) is 1. The molecule has 0 radical (unpaired) electrons. The summed E-state index contributed by atoms with van der Waals surface area (Å²) in [4.78, 5) is 25.3. The maximum absolute atomic E-state index is 13.4. The number of halogens is 1. The fourth-order valence-corrected chi connectivity index (χ4v) is 6.10. The minimum absolute atomic E-state index is 0.110. The highest BCUT2D eigenvalue weighted by molar-refractivity contribution is 9.10. The first kappa shape index (κ1) is 25.9. The zero-order valence-corrected chi connectivity index (χ0v) is 23.9. The number of rotatable bonds is 6. The first-order chi connectivity index (χ1) is 19.1. The van der Waals surface area contributed by atoms with E-state index in [1.165, 1.54) is 5.69 Å². The molecule has 0 saturated carbocycles. The topological polar surface area (TPSA) is 53.8 Å². The normalized spacial score (nSPS) is 17.1. The monoisotopic (exact) mass is 587 g/mol. The molecule has 1 amide bonds. The zero-order chi connectivity index (χ0) is 26.8. The summed E-state index contributed by atoms with van der Waals surface area (Å²) < 4.78 is 8.60. The number of methoxy groups -OCH3 is 1. The zero-order valence-electron chi connectivity index (χ0n) is 22.3. The van der Waals surface area contributed by atoms with Crippen LogP contribution in [0.15, 0.2) is 77.3 Å². The number of likely N-dealkylation sites (tertiary alicyclic amines) is 1. The smallest absolute Gasteiger partial charge is 0.225 e. The molecule has 2 aliphatic rings. The number of carbonyl (C=O) groups is 1. The number of piperidine rings is 1. The van der Waals surface area contributed by atoms with Gasteiger partial charge in [-0.1, -0.05) is 28.1 Å². The van der Waals surface area contributed by atoms with Crippen molar-refractivity contribution in [2.45, 2.75) is 19.4 Å². The van der Waals surface area contributed by atoms with Gasteiger partial charge in [0.05, 0.1) is 24.7 Å². The van der Waals surface area contributed by atoms with Gasteiger partial charge in [-0.25, -0.2) is 4.98 Å². The predicted molar refractivity (Wildman–Crippen MR) is 159 cm³/mol. The number of nitrogens with zero attached hydrogens (tertiary/aromatic N) is 5. The van der Waals surface area contributed by atoms with E-state index in [0.717, 1.165) is 91.4 Å². The number of aromatic nitrogens is 2. The van der Waals surface area contributed by atoms with Gasteiger partial charge in [-0.05, 0) is 86.6 Å². The lowest BCUT2D eigenvalue weighted by Crippen LogP contribution is -2.51.